The van der Waals surface area contributed by atoms with Gasteiger partial charge in [-0.3, -0.25) is 28.8 Å². The van der Waals surface area contributed by atoms with Crippen molar-refractivity contribution < 1.29 is 28.8 Å². The lowest BCUT2D eigenvalue weighted by molar-refractivity contribution is -0.130. The number of pyridine rings is 2. The summed E-state index contributed by atoms with van der Waals surface area (Å²) in [6.45, 7) is 9.68. The number of hydrogen-bond donors (Lipinski definition) is 2. The van der Waals surface area contributed by atoms with Crippen LogP contribution in [0.2, 0.25) is 0 Å². The molecule has 0 aliphatic carbocycles. The summed E-state index contributed by atoms with van der Waals surface area (Å²) < 4.78 is 0. The average Bonchev–Trinajstić information content (AvgIpc) is 3.88. The summed E-state index contributed by atoms with van der Waals surface area (Å²) in [7, 11) is 0. The summed E-state index contributed by atoms with van der Waals surface area (Å²) >= 11 is 0. The summed E-state index contributed by atoms with van der Waals surface area (Å²) in [5.41, 5.74) is 4.81. The van der Waals surface area contributed by atoms with Crippen LogP contribution >= 0.6 is 0 Å². The molecule has 2 aliphatic heterocycles. The van der Waals surface area contributed by atoms with E-state index in [1.807, 2.05) is 76.2 Å². The van der Waals surface area contributed by atoms with Gasteiger partial charge in [-0.15, -0.1) is 0 Å². The van der Waals surface area contributed by atoms with Crippen molar-refractivity contribution >= 4 is 57.3 Å². The predicted octanol–water partition coefficient (Wildman–Crippen LogP) is 5.49. The van der Waals surface area contributed by atoms with Crippen molar-refractivity contribution in [2.24, 2.45) is 0 Å². The fourth-order valence-electron chi connectivity index (χ4n) is 7.60. The van der Waals surface area contributed by atoms with Crippen molar-refractivity contribution in [3.05, 3.63) is 131 Å². The minimum absolute atomic E-state index is 0. The Labute approximate surface area is 342 Å². The van der Waals surface area contributed by atoms with Gasteiger partial charge in [-0.2, -0.15) is 0 Å². The SMILES string of the molecule is C.Cc1ccc2c(C(=O)C(=O)N3CCN(C(=O)c4ccccc4)C[C@H]3C)c[nH]c2n1.Cc1ccnc2[nH]cc(C(=O)C(=O)N3CCN(C(=O)c4ccccc4)C[C@H]3C)c12. The Balaban J connectivity index is 0.000000195. The zero-order valence-corrected chi connectivity index (χ0v) is 32.8. The number of nitrogens with one attached hydrogen (secondary N) is 2. The topological polar surface area (TPSA) is 173 Å². The Morgan fingerprint density at radius 3 is 1.63 bits per heavy atom. The molecule has 14 nitrogen and oxygen atoms in total. The summed E-state index contributed by atoms with van der Waals surface area (Å²) in [6, 6.07) is 23.1. The first kappa shape index (κ1) is 41.7. The highest BCUT2D eigenvalue weighted by Crippen LogP contribution is 2.24. The number of ketones is 2. The molecule has 0 saturated carbocycles. The lowest BCUT2D eigenvalue weighted by Crippen LogP contribution is -2.56. The summed E-state index contributed by atoms with van der Waals surface area (Å²) in [6.07, 6.45) is 4.75. The first-order chi connectivity index (χ1) is 27.9. The van der Waals surface area contributed by atoms with E-state index >= 15 is 0 Å². The number of amides is 4. The van der Waals surface area contributed by atoms with Crippen molar-refractivity contribution in [2.75, 3.05) is 39.3 Å². The second-order valence-electron chi connectivity index (χ2n) is 14.7. The van der Waals surface area contributed by atoms with Gasteiger partial charge in [-0.1, -0.05) is 43.8 Å². The van der Waals surface area contributed by atoms with Crippen LogP contribution in [-0.4, -0.2) is 126 Å². The Kier molecular flexibility index (Phi) is 12.5. The van der Waals surface area contributed by atoms with Crippen LogP contribution in [0.3, 0.4) is 0 Å². The molecule has 0 radical (unpaired) electrons. The van der Waals surface area contributed by atoms with Gasteiger partial charge < -0.3 is 29.6 Å². The molecule has 0 spiro atoms. The van der Waals surface area contributed by atoms with Gasteiger partial charge in [-0.25, -0.2) is 9.97 Å². The zero-order valence-electron chi connectivity index (χ0n) is 32.8. The van der Waals surface area contributed by atoms with Crippen LogP contribution in [0, 0.1) is 13.8 Å². The number of H-pyrrole nitrogens is 2. The maximum absolute atomic E-state index is 12.9. The number of benzene rings is 2. The molecule has 4 aromatic heterocycles. The van der Waals surface area contributed by atoms with E-state index in [0.29, 0.717) is 83.6 Å². The molecule has 2 aliphatic rings. The number of aromatic amines is 2. The Morgan fingerprint density at radius 2 is 1.10 bits per heavy atom. The number of fused-ring (bicyclic) bond motifs is 2. The van der Waals surface area contributed by atoms with Gasteiger partial charge in [0.05, 0.1) is 11.1 Å². The van der Waals surface area contributed by atoms with Gasteiger partial charge in [0.15, 0.2) is 0 Å². The van der Waals surface area contributed by atoms with Gasteiger partial charge >= 0.3 is 0 Å². The van der Waals surface area contributed by atoms with Crippen LogP contribution in [0.1, 0.15) is 74.0 Å². The lowest BCUT2D eigenvalue weighted by Gasteiger charge is -2.39. The molecule has 14 heteroatoms. The average molecular weight is 797 g/mol. The van der Waals surface area contributed by atoms with Gasteiger partial charge in [0.2, 0.25) is 0 Å². The van der Waals surface area contributed by atoms with E-state index in [2.05, 4.69) is 19.9 Å². The van der Waals surface area contributed by atoms with Crippen molar-refractivity contribution in [3.8, 4) is 0 Å². The van der Waals surface area contributed by atoms with Crippen LogP contribution in [0.25, 0.3) is 22.1 Å². The van der Waals surface area contributed by atoms with Gasteiger partial charge in [0.1, 0.15) is 11.3 Å². The standard InChI is InChI=1S/2C22H22N4O3.CH4/c1-14-8-9-23-20-18(14)17(12-24-20)19(27)22(29)26-11-10-25(13-15(26)2)21(28)16-6-4-3-5-7-16;1-14-8-9-17-18(12-23-20(17)24-14)19(27)22(29)26-11-10-25(13-15(26)2)21(28)16-6-4-3-5-7-16;/h2*3-9,12,15H,10-11,13H2,1-2H3,(H,23,24);1H4/t2*15-;/m11./s1. The second-order valence-corrected chi connectivity index (χ2v) is 14.7. The van der Waals surface area contributed by atoms with Gasteiger partial charge in [0.25, 0.3) is 35.2 Å². The lowest BCUT2D eigenvalue weighted by atomic mass is 10.0. The van der Waals surface area contributed by atoms with Crippen molar-refractivity contribution in [2.45, 2.75) is 47.2 Å². The van der Waals surface area contributed by atoms with E-state index < -0.39 is 23.4 Å². The summed E-state index contributed by atoms with van der Waals surface area (Å²) in [5.74, 6) is -2.33. The van der Waals surface area contributed by atoms with Crippen LogP contribution in [0.5, 0.6) is 0 Å². The van der Waals surface area contributed by atoms with Crippen molar-refractivity contribution in [1.29, 1.82) is 0 Å². The number of carbonyl (C=O) groups is 6. The first-order valence-electron chi connectivity index (χ1n) is 19.2. The van der Waals surface area contributed by atoms with E-state index in [0.717, 1.165) is 11.3 Å². The third-order valence-electron chi connectivity index (χ3n) is 10.7. The van der Waals surface area contributed by atoms with Crippen LogP contribution in [0.15, 0.2) is 97.5 Å². The third-order valence-corrected chi connectivity index (χ3v) is 10.7. The molecule has 6 aromatic rings. The van der Waals surface area contributed by atoms with Gasteiger partial charge in [0, 0.05) is 97.5 Å². The maximum atomic E-state index is 12.9. The van der Waals surface area contributed by atoms with Crippen LogP contribution in [0.4, 0.5) is 0 Å². The number of Topliss-reactive ketones (excluding diaryl/α,β-unsaturated/α-hetero) is 2. The van der Waals surface area contributed by atoms with E-state index in [9.17, 15) is 28.8 Å². The normalized spacial score (nSPS) is 16.5. The van der Waals surface area contributed by atoms with E-state index in [-0.39, 0.29) is 31.3 Å². The van der Waals surface area contributed by atoms with E-state index in [1.54, 1.807) is 62.3 Å². The molecule has 8 rings (SSSR count). The molecule has 59 heavy (non-hydrogen) atoms. The number of rotatable bonds is 6. The van der Waals surface area contributed by atoms with Crippen LogP contribution in [-0.2, 0) is 9.59 Å². The minimum atomic E-state index is -0.559. The van der Waals surface area contributed by atoms with Crippen LogP contribution < -0.4 is 0 Å². The van der Waals surface area contributed by atoms with Crippen molar-refractivity contribution in [3.63, 3.8) is 0 Å². The Hall–Kier alpha value is -6.96. The Bertz CT molecular complexity index is 2530. The molecule has 2 fully saturated rings. The molecule has 2 saturated heterocycles. The molecule has 0 unspecified atom stereocenters. The molecule has 2 atom stereocenters. The molecule has 2 N–H and O–H groups in total. The molecule has 304 valence electrons. The third kappa shape index (κ3) is 8.52. The predicted molar refractivity (Wildman–Crippen MR) is 224 cm³/mol. The molecule has 6 heterocycles. The second kappa shape index (κ2) is 17.7. The number of aryl methyl sites for hydroxylation is 2. The minimum Gasteiger partial charge on any atom is -0.345 e. The highest BCUT2D eigenvalue weighted by molar-refractivity contribution is 6.45. The zero-order chi connectivity index (χ0) is 41.1. The maximum Gasteiger partial charge on any atom is 0.295 e. The largest absolute Gasteiger partial charge is 0.345 e. The van der Waals surface area contributed by atoms with E-state index in [1.165, 1.54) is 6.20 Å². The first-order valence-corrected chi connectivity index (χ1v) is 19.2. The molecular formula is C45H48N8O6. The smallest absolute Gasteiger partial charge is 0.295 e. The fourth-order valence-corrected chi connectivity index (χ4v) is 7.60. The monoisotopic (exact) mass is 796 g/mol. The molecule has 2 aromatic carbocycles. The number of carbonyl (C=O) groups excluding carboxylic acids is 6. The summed E-state index contributed by atoms with van der Waals surface area (Å²) in [5, 5.41) is 1.32. The molecule has 0 bridgehead atoms. The molecule has 4 amide bonds. The number of piperazine rings is 2. The fraction of sp³-hybridized carbons (Fsp3) is 0.289. The Morgan fingerprint density at radius 1 is 0.610 bits per heavy atom. The van der Waals surface area contributed by atoms with Crippen molar-refractivity contribution in [1.82, 2.24) is 39.5 Å². The number of hydrogen-bond acceptors (Lipinski definition) is 8. The number of aromatic nitrogens is 4. The summed E-state index contributed by atoms with van der Waals surface area (Å²) in [4.78, 5) is 98.0. The highest BCUT2D eigenvalue weighted by Gasteiger charge is 2.36. The highest BCUT2D eigenvalue weighted by atomic mass is 16.2. The quantitative estimate of drug-likeness (QED) is 0.165. The van der Waals surface area contributed by atoms with Gasteiger partial charge in [-0.05, 0) is 75.7 Å². The van der Waals surface area contributed by atoms with E-state index in [4.69, 9.17) is 0 Å². The molecular weight excluding hydrogens is 749 g/mol. The number of nitrogens with zero attached hydrogens (tertiary/aromatic N) is 6.